The molecule has 1 unspecified atom stereocenters. The third-order valence-corrected chi connectivity index (χ3v) is 2.67. The first-order valence-corrected chi connectivity index (χ1v) is 6.04. The van der Waals surface area contributed by atoms with Crippen molar-refractivity contribution >= 4 is 5.91 Å². The van der Waals surface area contributed by atoms with Gasteiger partial charge in [-0.1, -0.05) is 6.92 Å². The van der Waals surface area contributed by atoms with Crippen LogP contribution in [0.25, 0.3) is 0 Å². The number of benzene rings is 1. The van der Waals surface area contributed by atoms with Crippen LogP contribution < -0.4 is 10.5 Å². The Morgan fingerprint density at radius 1 is 1.35 bits per heavy atom. The Morgan fingerprint density at radius 3 is 2.35 bits per heavy atom. The van der Waals surface area contributed by atoms with Gasteiger partial charge in [-0.25, -0.2) is 0 Å². The minimum atomic E-state index is -4.74. The molecular formula is C13H17F3N2O2. The van der Waals surface area contributed by atoms with E-state index in [1.54, 1.807) is 7.05 Å². The number of ether oxygens (including phenoxy) is 1. The molecule has 7 heteroatoms. The van der Waals surface area contributed by atoms with E-state index in [1.165, 1.54) is 17.0 Å². The summed E-state index contributed by atoms with van der Waals surface area (Å²) in [5.41, 5.74) is 5.77. The first-order chi connectivity index (χ1) is 9.23. The summed E-state index contributed by atoms with van der Waals surface area (Å²) in [7, 11) is 1.62. The zero-order chi connectivity index (χ0) is 15.3. The summed E-state index contributed by atoms with van der Waals surface area (Å²) in [5, 5.41) is 0. The van der Waals surface area contributed by atoms with Crippen LogP contribution >= 0.6 is 0 Å². The largest absolute Gasteiger partial charge is 0.573 e. The summed E-state index contributed by atoms with van der Waals surface area (Å²) in [6, 6.07) is 4.82. The molecule has 0 radical (unpaired) electrons. The van der Waals surface area contributed by atoms with Gasteiger partial charge in [0, 0.05) is 19.2 Å². The quantitative estimate of drug-likeness (QED) is 0.905. The predicted octanol–water partition coefficient (Wildman–Crippen LogP) is 2.25. The maximum atomic E-state index is 12.0. The molecule has 20 heavy (non-hydrogen) atoms. The van der Waals surface area contributed by atoms with Crippen molar-refractivity contribution in [2.75, 3.05) is 20.1 Å². The number of nitrogens with two attached hydrogens (primary N) is 1. The van der Waals surface area contributed by atoms with E-state index in [1.807, 2.05) is 6.92 Å². The van der Waals surface area contributed by atoms with Gasteiger partial charge >= 0.3 is 6.36 Å². The fraction of sp³-hybridized carbons (Fsp3) is 0.462. The van der Waals surface area contributed by atoms with Gasteiger partial charge in [-0.2, -0.15) is 0 Å². The predicted molar refractivity (Wildman–Crippen MR) is 68.3 cm³/mol. The van der Waals surface area contributed by atoms with Crippen LogP contribution in [0.15, 0.2) is 24.3 Å². The molecule has 0 heterocycles. The standard InChI is InChI=1S/C13H17F3N2O2/c1-9(7-17)8-18(2)12(19)10-3-5-11(6-4-10)20-13(14,15)16/h3-6,9H,7-8,17H2,1-2H3. The maximum absolute atomic E-state index is 12.0. The minimum Gasteiger partial charge on any atom is -0.406 e. The molecule has 1 aromatic carbocycles. The first kappa shape index (κ1) is 16.3. The first-order valence-electron chi connectivity index (χ1n) is 6.04. The highest BCUT2D eigenvalue weighted by atomic mass is 19.4. The van der Waals surface area contributed by atoms with E-state index in [4.69, 9.17) is 5.73 Å². The average molecular weight is 290 g/mol. The van der Waals surface area contributed by atoms with Crippen LogP contribution in [-0.2, 0) is 0 Å². The molecule has 0 aliphatic rings. The van der Waals surface area contributed by atoms with Crippen molar-refractivity contribution in [3.8, 4) is 5.75 Å². The number of amides is 1. The summed E-state index contributed by atoms with van der Waals surface area (Å²) in [4.78, 5) is 13.5. The average Bonchev–Trinajstić information content (AvgIpc) is 2.36. The van der Waals surface area contributed by atoms with Gasteiger partial charge in [0.25, 0.3) is 5.91 Å². The van der Waals surface area contributed by atoms with E-state index >= 15 is 0 Å². The van der Waals surface area contributed by atoms with Crippen molar-refractivity contribution in [3.05, 3.63) is 29.8 Å². The van der Waals surface area contributed by atoms with Crippen LogP contribution in [0.1, 0.15) is 17.3 Å². The van der Waals surface area contributed by atoms with Gasteiger partial charge in [-0.05, 0) is 36.7 Å². The Hall–Kier alpha value is -1.76. The second-order valence-electron chi connectivity index (χ2n) is 4.60. The molecule has 1 rings (SSSR count). The fourth-order valence-corrected chi connectivity index (χ4v) is 1.64. The number of alkyl halides is 3. The molecule has 0 aliphatic carbocycles. The Kier molecular flexibility index (Phi) is 5.38. The molecule has 0 aromatic heterocycles. The topological polar surface area (TPSA) is 55.6 Å². The third-order valence-electron chi connectivity index (χ3n) is 2.67. The van der Waals surface area contributed by atoms with E-state index in [-0.39, 0.29) is 17.6 Å². The molecule has 0 saturated heterocycles. The van der Waals surface area contributed by atoms with Crippen molar-refractivity contribution in [2.24, 2.45) is 11.7 Å². The van der Waals surface area contributed by atoms with Gasteiger partial charge < -0.3 is 15.4 Å². The Balaban J connectivity index is 2.70. The Labute approximate surface area is 115 Å². The van der Waals surface area contributed by atoms with Crippen LogP contribution in [0.3, 0.4) is 0 Å². The van der Waals surface area contributed by atoms with Gasteiger partial charge in [-0.15, -0.1) is 13.2 Å². The Morgan fingerprint density at radius 2 is 1.90 bits per heavy atom. The second-order valence-corrected chi connectivity index (χ2v) is 4.60. The number of hydrogen-bond donors (Lipinski definition) is 1. The van der Waals surface area contributed by atoms with E-state index in [0.717, 1.165) is 12.1 Å². The molecule has 0 aliphatic heterocycles. The number of halogens is 3. The molecule has 0 bridgehead atoms. The van der Waals surface area contributed by atoms with Crippen molar-refractivity contribution in [3.63, 3.8) is 0 Å². The van der Waals surface area contributed by atoms with Gasteiger partial charge in [0.2, 0.25) is 0 Å². The van der Waals surface area contributed by atoms with Crippen molar-refractivity contribution in [2.45, 2.75) is 13.3 Å². The number of nitrogens with zero attached hydrogens (tertiary/aromatic N) is 1. The summed E-state index contributed by atoms with van der Waals surface area (Å²) in [6.07, 6.45) is -4.74. The molecule has 0 saturated carbocycles. The lowest BCUT2D eigenvalue weighted by Crippen LogP contribution is -2.33. The van der Waals surface area contributed by atoms with Crippen molar-refractivity contribution in [1.82, 2.24) is 4.90 Å². The van der Waals surface area contributed by atoms with E-state index < -0.39 is 6.36 Å². The van der Waals surface area contributed by atoms with Gasteiger partial charge in [0.15, 0.2) is 0 Å². The number of carbonyl (C=O) groups excluding carboxylic acids is 1. The normalized spacial score (nSPS) is 12.9. The summed E-state index contributed by atoms with van der Waals surface area (Å²) >= 11 is 0. The molecule has 0 fully saturated rings. The van der Waals surface area contributed by atoms with E-state index in [2.05, 4.69) is 4.74 Å². The number of carbonyl (C=O) groups is 1. The second kappa shape index (κ2) is 6.60. The SMILES string of the molecule is CC(CN)CN(C)C(=O)c1ccc(OC(F)(F)F)cc1. The van der Waals surface area contributed by atoms with E-state index in [0.29, 0.717) is 18.7 Å². The summed E-state index contributed by atoms with van der Waals surface area (Å²) in [6.45, 7) is 2.84. The Bertz CT molecular complexity index is 446. The molecular weight excluding hydrogens is 273 g/mol. The molecule has 2 N–H and O–H groups in total. The summed E-state index contributed by atoms with van der Waals surface area (Å²) in [5.74, 6) is -0.479. The highest BCUT2D eigenvalue weighted by Gasteiger charge is 2.31. The number of hydrogen-bond acceptors (Lipinski definition) is 3. The summed E-state index contributed by atoms with van der Waals surface area (Å²) < 4.78 is 39.7. The smallest absolute Gasteiger partial charge is 0.406 e. The highest BCUT2D eigenvalue weighted by molar-refractivity contribution is 5.94. The molecule has 1 aromatic rings. The highest BCUT2D eigenvalue weighted by Crippen LogP contribution is 2.23. The van der Waals surface area contributed by atoms with Gasteiger partial charge in [0.1, 0.15) is 5.75 Å². The lowest BCUT2D eigenvalue weighted by Gasteiger charge is -2.20. The van der Waals surface area contributed by atoms with Crippen LogP contribution in [0.4, 0.5) is 13.2 Å². The number of rotatable bonds is 5. The zero-order valence-electron chi connectivity index (χ0n) is 11.3. The maximum Gasteiger partial charge on any atom is 0.573 e. The lowest BCUT2D eigenvalue weighted by atomic mass is 10.1. The van der Waals surface area contributed by atoms with Crippen LogP contribution in [0.5, 0.6) is 5.75 Å². The molecule has 112 valence electrons. The molecule has 4 nitrogen and oxygen atoms in total. The fourth-order valence-electron chi connectivity index (χ4n) is 1.64. The monoisotopic (exact) mass is 290 g/mol. The molecule has 1 atom stereocenters. The van der Waals surface area contributed by atoms with E-state index in [9.17, 15) is 18.0 Å². The molecule has 1 amide bonds. The zero-order valence-corrected chi connectivity index (χ0v) is 11.3. The van der Waals surface area contributed by atoms with Crippen LogP contribution in [-0.4, -0.2) is 37.3 Å². The third kappa shape index (κ3) is 5.08. The van der Waals surface area contributed by atoms with Gasteiger partial charge in [-0.3, -0.25) is 4.79 Å². The van der Waals surface area contributed by atoms with Crippen molar-refractivity contribution < 1.29 is 22.7 Å². The van der Waals surface area contributed by atoms with Crippen molar-refractivity contribution in [1.29, 1.82) is 0 Å². The molecule has 0 spiro atoms. The lowest BCUT2D eigenvalue weighted by molar-refractivity contribution is -0.274. The van der Waals surface area contributed by atoms with Crippen LogP contribution in [0, 0.1) is 5.92 Å². The van der Waals surface area contributed by atoms with Crippen LogP contribution in [0.2, 0.25) is 0 Å². The minimum absolute atomic E-state index is 0.150. The van der Waals surface area contributed by atoms with Gasteiger partial charge in [0.05, 0.1) is 0 Å².